The van der Waals surface area contributed by atoms with Crippen LogP contribution in [0.1, 0.15) is 20.8 Å². The summed E-state index contributed by atoms with van der Waals surface area (Å²) >= 11 is 0. The molecule has 1 heterocycles. The molecule has 0 spiro atoms. The third-order valence-corrected chi connectivity index (χ3v) is 2.52. The number of aliphatic hydroxyl groups excluding tert-OH is 1. The van der Waals surface area contributed by atoms with Crippen LogP contribution in [0.15, 0.2) is 12.7 Å². The number of hydrogen-bond donors (Lipinski definition) is 2. The number of methoxy groups -OCH3 is 1. The Hall–Kier alpha value is -0.420. The van der Waals surface area contributed by atoms with Crippen LogP contribution in [0, 0.1) is 5.92 Å². The van der Waals surface area contributed by atoms with E-state index in [9.17, 15) is 5.11 Å². The fourth-order valence-corrected chi connectivity index (χ4v) is 1.50. The van der Waals surface area contributed by atoms with Crippen molar-refractivity contribution in [2.24, 2.45) is 11.7 Å². The zero-order valence-corrected chi connectivity index (χ0v) is 10.0. The van der Waals surface area contributed by atoms with Crippen LogP contribution >= 0.6 is 0 Å². The molecule has 0 unspecified atom stereocenters. The van der Waals surface area contributed by atoms with E-state index in [0.717, 1.165) is 0 Å². The third kappa shape index (κ3) is 3.91. The van der Waals surface area contributed by atoms with E-state index in [1.807, 2.05) is 20.8 Å². The molecule has 0 aromatic heterocycles. The van der Waals surface area contributed by atoms with Gasteiger partial charge in [0, 0.05) is 13.0 Å². The Labute approximate surface area is 92.1 Å². The van der Waals surface area contributed by atoms with Crippen molar-refractivity contribution in [3.8, 4) is 0 Å². The Bertz CT molecular complexity index is 182. The average molecular weight is 217 g/mol. The van der Waals surface area contributed by atoms with Crippen molar-refractivity contribution in [3.63, 3.8) is 0 Å². The predicted molar refractivity (Wildman–Crippen MR) is 60.4 cm³/mol. The summed E-state index contributed by atoms with van der Waals surface area (Å²) in [5, 5.41) is 9.57. The SMILES string of the molecule is C=CC.CO[C@@H]1O[C@H](C)[C@@H](O)[C@H](C)[C@H]1N. The van der Waals surface area contributed by atoms with E-state index in [2.05, 4.69) is 6.58 Å². The normalized spacial score (nSPS) is 40.3. The van der Waals surface area contributed by atoms with Gasteiger partial charge in [-0.1, -0.05) is 13.0 Å². The number of nitrogens with two attached hydrogens (primary N) is 1. The van der Waals surface area contributed by atoms with Gasteiger partial charge in [-0.25, -0.2) is 0 Å². The summed E-state index contributed by atoms with van der Waals surface area (Å²) in [7, 11) is 1.56. The Balaban J connectivity index is 0.000000583. The summed E-state index contributed by atoms with van der Waals surface area (Å²) in [6.07, 6.45) is 0.662. The van der Waals surface area contributed by atoms with Gasteiger partial charge in [-0.2, -0.15) is 0 Å². The maximum Gasteiger partial charge on any atom is 0.172 e. The van der Waals surface area contributed by atoms with Crippen molar-refractivity contribution in [1.29, 1.82) is 0 Å². The first kappa shape index (κ1) is 14.6. The Kier molecular flexibility index (Phi) is 6.76. The molecule has 4 heteroatoms. The minimum Gasteiger partial charge on any atom is -0.390 e. The molecule has 1 aliphatic rings. The van der Waals surface area contributed by atoms with Crippen molar-refractivity contribution in [1.82, 2.24) is 0 Å². The van der Waals surface area contributed by atoms with E-state index in [1.54, 1.807) is 13.2 Å². The average Bonchev–Trinajstić information content (AvgIpc) is 2.21. The molecular formula is C11H23NO3. The monoisotopic (exact) mass is 217 g/mol. The van der Waals surface area contributed by atoms with Gasteiger partial charge in [0.05, 0.1) is 18.2 Å². The molecule has 1 saturated heterocycles. The summed E-state index contributed by atoms with van der Waals surface area (Å²) in [4.78, 5) is 0. The smallest absolute Gasteiger partial charge is 0.172 e. The lowest BCUT2D eigenvalue weighted by Gasteiger charge is -2.40. The van der Waals surface area contributed by atoms with E-state index in [1.165, 1.54) is 0 Å². The van der Waals surface area contributed by atoms with E-state index >= 15 is 0 Å². The van der Waals surface area contributed by atoms with Crippen molar-refractivity contribution in [3.05, 3.63) is 12.7 Å². The van der Waals surface area contributed by atoms with Gasteiger partial charge in [-0.3, -0.25) is 0 Å². The lowest BCUT2D eigenvalue weighted by molar-refractivity contribution is -0.231. The van der Waals surface area contributed by atoms with Crippen LogP contribution in [0.25, 0.3) is 0 Å². The van der Waals surface area contributed by atoms with E-state index < -0.39 is 12.4 Å². The first-order valence-corrected chi connectivity index (χ1v) is 5.18. The van der Waals surface area contributed by atoms with E-state index in [0.29, 0.717) is 0 Å². The second-order valence-corrected chi connectivity index (χ2v) is 3.78. The van der Waals surface area contributed by atoms with Crippen LogP contribution < -0.4 is 5.73 Å². The van der Waals surface area contributed by atoms with Gasteiger partial charge in [0.15, 0.2) is 6.29 Å². The van der Waals surface area contributed by atoms with Gasteiger partial charge in [0.2, 0.25) is 0 Å². The molecule has 15 heavy (non-hydrogen) atoms. The van der Waals surface area contributed by atoms with Crippen LogP contribution in [0.3, 0.4) is 0 Å². The quantitative estimate of drug-likeness (QED) is 0.640. The minimum atomic E-state index is -0.494. The molecule has 0 aromatic rings. The summed E-state index contributed by atoms with van der Waals surface area (Å²) in [6.45, 7) is 8.97. The maximum atomic E-state index is 9.57. The molecule has 0 saturated carbocycles. The lowest BCUT2D eigenvalue weighted by Crippen LogP contribution is -2.56. The highest BCUT2D eigenvalue weighted by atomic mass is 16.7. The molecule has 90 valence electrons. The first-order valence-electron chi connectivity index (χ1n) is 5.18. The standard InChI is InChI=1S/C8H17NO3.C3H6/c1-4-6(9)8(11-3)12-5(2)7(4)10;1-3-2/h4-8,10H,9H2,1-3H3;3H,1H2,2H3/t4-,5-,6-,7+,8-;/m1./s1. The fraction of sp³-hybridized carbons (Fsp3) is 0.818. The van der Waals surface area contributed by atoms with E-state index in [-0.39, 0.29) is 18.1 Å². The van der Waals surface area contributed by atoms with Crippen LogP contribution in [0.2, 0.25) is 0 Å². The zero-order chi connectivity index (χ0) is 12.0. The molecule has 1 fully saturated rings. The first-order chi connectivity index (χ1) is 6.99. The van der Waals surface area contributed by atoms with Crippen LogP contribution in [-0.4, -0.2) is 36.8 Å². The maximum absolute atomic E-state index is 9.57. The fourth-order valence-electron chi connectivity index (χ4n) is 1.50. The number of rotatable bonds is 1. The number of aliphatic hydroxyl groups is 1. The largest absolute Gasteiger partial charge is 0.390 e. The van der Waals surface area contributed by atoms with Crippen molar-refractivity contribution in [2.75, 3.05) is 7.11 Å². The lowest BCUT2D eigenvalue weighted by atomic mass is 9.90. The summed E-state index contributed by atoms with van der Waals surface area (Å²) < 4.78 is 10.4. The third-order valence-electron chi connectivity index (χ3n) is 2.52. The van der Waals surface area contributed by atoms with Gasteiger partial charge >= 0.3 is 0 Å². The van der Waals surface area contributed by atoms with Gasteiger partial charge in [-0.15, -0.1) is 6.58 Å². The topological polar surface area (TPSA) is 64.7 Å². The van der Waals surface area contributed by atoms with Gasteiger partial charge in [-0.05, 0) is 13.8 Å². The van der Waals surface area contributed by atoms with Gasteiger partial charge < -0.3 is 20.3 Å². The molecule has 0 amide bonds. The van der Waals surface area contributed by atoms with Crippen molar-refractivity contribution < 1.29 is 14.6 Å². The molecule has 0 aromatic carbocycles. The highest BCUT2D eigenvalue weighted by molar-refractivity contribution is 4.87. The predicted octanol–water partition coefficient (Wildman–Crippen LogP) is 0.894. The second-order valence-electron chi connectivity index (χ2n) is 3.78. The molecular weight excluding hydrogens is 194 g/mol. The minimum absolute atomic E-state index is 0.0127. The molecule has 0 bridgehead atoms. The number of allylic oxidation sites excluding steroid dienone is 1. The van der Waals surface area contributed by atoms with E-state index in [4.69, 9.17) is 15.2 Å². The zero-order valence-electron chi connectivity index (χ0n) is 10.0. The molecule has 5 atom stereocenters. The van der Waals surface area contributed by atoms with Gasteiger partial charge in [0.1, 0.15) is 0 Å². The molecule has 4 nitrogen and oxygen atoms in total. The highest BCUT2D eigenvalue weighted by Gasteiger charge is 2.38. The molecule has 3 N–H and O–H groups in total. The second kappa shape index (κ2) is 6.95. The molecule has 0 aliphatic carbocycles. The molecule has 1 rings (SSSR count). The Morgan fingerprint density at radius 2 is 1.93 bits per heavy atom. The highest BCUT2D eigenvalue weighted by Crippen LogP contribution is 2.24. The summed E-state index contributed by atoms with van der Waals surface area (Å²) in [5.41, 5.74) is 5.78. The number of ether oxygens (including phenoxy) is 2. The van der Waals surface area contributed by atoms with Gasteiger partial charge in [0.25, 0.3) is 0 Å². The Morgan fingerprint density at radius 3 is 2.33 bits per heavy atom. The van der Waals surface area contributed by atoms with Crippen LogP contribution in [-0.2, 0) is 9.47 Å². The summed E-state index contributed by atoms with van der Waals surface area (Å²) in [5.74, 6) is 0.0127. The summed E-state index contributed by atoms with van der Waals surface area (Å²) in [6, 6.07) is -0.249. The van der Waals surface area contributed by atoms with Crippen molar-refractivity contribution in [2.45, 2.75) is 45.3 Å². The van der Waals surface area contributed by atoms with Crippen LogP contribution in [0.4, 0.5) is 0 Å². The van der Waals surface area contributed by atoms with Crippen LogP contribution in [0.5, 0.6) is 0 Å². The Morgan fingerprint density at radius 1 is 1.47 bits per heavy atom. The van der Waals surface area contributed by atoms with Crippen molar-refractivity contribution >= 4 is 0 Å². The number of hydrogen-bond acceptors (Lipinski definition) is 4. The molecule has 0 radical (unpaired) electrons. The molecule has 1 aliphatic heterocycles.